The molecule has 2 N–H and O–H groups in total. The summed E-state index contributed by atoms with van der Waals surface area (Å²) in [7, 11) is 0. The van der Waals surface area contributed by atoms with Crippen molar-refractivity contribution < 1.29 is 18.0 Å². The molecule has 0 atom stereocenters. The lowest BCUT2D eigenvalue weighted by Crippen LogP contribution is -2.20. The van der Waals surface area contributed by atoms with Gasteiger partial charge in [0.1, 0.15) is 5.70 Å². The maximum Gasteiger partial charge on any atom is 0.430 e. The third-order valence-corrected chi connectivity index (χ3v) is 0.686. The molecule has 0 aromatic carbocycles. The predicted molar refractivity (Wildman–Crippen MR) is 29.0 cm³/mol. The van der Waals surface area contributed by atoms with Crippen molar-refractivity contribution in [2.24, 2.45) is 5.73 Å². The number of rotatable bonds is 1. The summed E-state index contributed by atoms with van der Waals surface area (Å²) >= 11 is 0. The molecule has 5 heteroatoms. The second-order valence-corrected chi connectivity index (χ2v) is 1.71. The van der Waals surface area contributed by atoms with E-state index in [1.807, 2.05) is 0 Å². The van der Waals surface area contributed by atoms with Gasteiger partial charge in [0.25, 0.3) is 0 Å². The lowest BCUT2D eigenvalue weighted by Gasteiger charge is -2.03. The number of hydrogen-bond acceptors (Lipinski definition) is 2. The van der Waals surface area contributed by atoms with Crippen molar-refractivity contribution in [1.29, 1.82) is 0 Å². The Hall–Kier alpha value is -1.00. The minimum atomic E-state index is -4.59. The van der Waals surface area contributed by atoms with E-state index in [0.717, 1.165) is 6.92 Å². The zero-order valence-corrected chi connectivity index (χ0v) is 5.20. The van der Waals surface area contributed by atoms with Gasteiger partial charge in [-0.25, -0.2) is 0 Å². The molecule has 0 bridgehead atoms. The number of allylic oxidation sites excluding steroid dienone is 2. The fraction of sp³-hybridized carbons (Fsp3) is 0.400. The van der Waals surface area contributed by atoms with Crippen molar-refractivity contribution in [2.75, 3.05) is 0 Å². The highest BCUT2D eigenvalue weighted by Crippen LogP contribution is 2.20. The molecule has 10 heavy (non-hydrogen) atoms. The summed E-state index contributed by atoms with van der Waals surface area (Å²) in [6, 6.07) is 0. The summed E-state index contributed by atoms with van der Waals surface area (Å²) in [6.07, 6.45) is -4.24. The molecule has 0 aromatic rings. The first-order chi connectivity index (χ1) is 4.34. The normalized spacial score (nSPS) is 13.4. The summed E-state index contributed by atoms with van der Waals surface area (Å²) in [5.74, 6) is -0.713. The van der Waals surface area contributed by atoms with Crippen LogP contribution in [-0.2, 0) is 4.79 Å². The van der Waals surface area contributed by atoms with Crippen LogP contribution in [0.5, 0.6) is 0 Å². The van der Waals surface area contributed by atoms with Gasteiger partial charge in [-0.1, -0.05) is 0 Å². The highest BCUT2D eigenvalue weighted by atomic mass is 19.4. The molecule has 0 aliphatic carbocycles. The smallest absolute Gasteiger partial charge is 0.395 e. The van der Waals surface area contributed by atoms with Crippen LogP contribution in [0.1, 0.15) is 6.92 Å². The first-order valence-electron chi connectivity index (χ1n) is 2.39. The largest absolute Gasteiger partial charge is 0.430 e. The van der Waals surface area contributed by atoms with Gasteiger partial charge in [-0.2, -0.15) is 13.2 Å². The van der Waals surface area contributed by atoms with E-state index in [9.17, 15) is 18.0 Å². The van der Waals surface area contributed by atoms with Crippen LogP contribution in [0.4, 0.5) is 13.2 Å². The molecule has 0 fully saturated rings. The number of nitrogens with two attached hydrogens (primary N) is 1. The second-order valence-electron chi connectivity index (χ2n) is 1.71. The van der Waals surface area contributed by atoms with Crippen molar-refractivity contribution in [1.82, 2.24) is 0 Å². The third kappa shape index (κ3) is 3.11. The van der Waals surface area contributed by atoms with E-state index in [1.54, 1.807) is 0 Å². The molecule has 58 valence electrons. The summed E-state index contributed by atoms with van der Waals surface area (Å²) in [5, 5.41) is 0. The van der Waals surface area contributed by atoms with Crippen LogP contribution >= 0.6 is 0 Å². The van der Waals surface area contributed by atoms with Gasteiger partial charge >= 0.3 is 6.18 Å². The SMILES string of the molecule is CC(=O)C=C(N)C(F)(F)F. The molecule has 0 amide bonds. The van der Waals surface area contributed by atoms with Crippen LogP contribution < -0.4 is 5.73 Å². The van der Waals surface area contributed by atoms with Crippen molar-refractivity contribution >= 4 is 5.78 Å². The van der Waals surface area contributed by atoms with E-state index >= 15 is 0 Å². The number of carbonyl (C=O) groups is 1. The molecule has 0 saturated heterocycles. The predicted octanol–water partition coefficient (Wildman–Crippen LogP) is 0.980. The molecule has 0 spiro atoms. The van der Waals surface area contributed by atoms with Gasteiger partial charge in [0.15, 0.2) is 5.78 Å². The minimum Gasteiger partial charge on any atom is -0.395 e. The van der Waals surface area contributed by atoms with Crippen LogP contribution in [0.3, 0.4) is 0 Å². The summed E-state index contributed by atoms with van der Waals surface area (Å²) in [5.41, 5.74) is 3.11. The molecule has 0 aliphatic heterocycles. The first-order valence-corrected chi connectivity index (χ1v) is 2.39. The molecular formula is C5H6F3NO. The standard InChI is InChI=1S/C5H6F3NO/c1-3(10)2-4(9)5(6,7)8/h2H,9H2,1H3. The van der Waals surface area contributed by atoms with Crippen molar-refractivity contribution in [2.45, 2.75) is 13.1 Å². The van der Waals surface area contributed by atoms with Crippen molar-refractivity contribution in [3.05, 3.63) is 11.8 Å². The second kappa shape index (κ2) is 2.72. The topological polar surface area (TPSA) is 43.1 Å². The molecule has 0 saturated carbocycles. The van der Waals surface area contributed by atoms with Gasteiger partial charge in [-0.15, -0.1) is 0 Å². The lowest BCUT2D eigenvalue weighted by molar-refractivity contribution is -0.114. The Bertz CT molecular complexity index is 170. The molecule has 0 radical (unpaired) electrons. The van der Waals surface area contributed by atoms with E-state index in [1.165, 1.54) is 0 Å². The average Bonchev–Trinajstić information content (AvgIpc) is 1.60. The minimum absolute atomic E-state index is 0.347. The van der Waals surface area contributed by atoms with Gasteiger partial charge in [-0.3, -0.25) is 4.79 Å². The maximum absolute atomic E-state index is 11.5. The monoisotopic (exact) mass is 153 g/mol. The van der Waals surface area contributed by atoms with Crippen molar-refractivity contribution in [3.63, 3.8) is 0 Å². The van der Waals surface area contributed by atoms with E-state index in [4.69, 9.17) is 0 Å². The van der Waals surface area contributed by atoms with Crippen LogP contribution in [0.15, 0.2) is 11.8 Å². The highest BCUT2D eigenvalue weighted by molar-refractivity contribution is 5.87. The number of alkyl halides is 3. The number of ketones is 1. The molecule has 0 aromatic heterocycles. The maximum atomic E-state index is 11.5. The Labute approximate surface area is 55.5 Å². The Morgan fingerprint density at radius 1 is 1.50 bits per heavy atom. The van der Waals surface area contributed by atoms with Crippen LogP contribution in [0.2, 0.25) is 0 Å². The van der Waals surface area contributed by atoms with Crippen molar-refractivity contribution in [3.8, 4) is 0 Å². The summed E-state index contributed by atoms with van der Waals surface area (Å²) in [4.78, 5) is 10.0. The molecule has 2 nitrogen and oxygen atoms in total. The van der Waals surface area contributed by atoms with Gasteiger partial charge in [-0.05, 0) is 6.92 Å². The first kappa shape index (κ1) is 9.00. The summed E-state index contributed by atoms with van der Waals surface area (Å²) in [6.45, 7) is 0.999. The highest BCUT2D eigenvalue weighted by Gasteiger charge is 2.31. The Balaban J connectivity index is 4.35. The van der Waals surface area contributed by atoms with Gasteiger partial charge in [0, 0.05) is 6.08 Å². The summed E-state index contributed by atoms with van der Waals surface area (Å²) < 4.78 is 34.4. The molecule has 0 unspecified atom stereocenters. The average molecular weight is 153 g/mol. The molecule has 0 heterocycles. The van der Waals surface area contributed by atoms with E-state index < -0.39 is 17.7 Å². The number of carbonyl (C=O) groups excluding carboxylic acids is 1. The third-order valence-electron chi connectivity index (χ3n) is 0.686. The molecule has 0 rings (SSSR count). The quantitative estimate of drug-likeness (QED) is 0.570. The molecule has 0 aliphatic rings. The lowest BCUT2D eigenvalue weighted by atomic mass is 10.3. The van der Waals surface area contributed by atoms with E-state index in [0.29, 0.717) is 6.08 Å². The number of hydrogen-bond donors (Lipinski definition) is 1. The van der Waals surface area contributed by atoms with Gasteiger partial charge < -0.3 is 5.73 Å². The Morgan fingerprint density at radius 2 is 1.90 bits per heavy atom. The van der Waals surface area contributed by atoms with E-state index in [-0.39, 0.29) is 0 Å². The number of halogens is 3. The van der Waals surface area contributed by atoms with Gasteiger partial charge in [0.2, 0.25) is 0 Å². The zero-order valence-electron chi connectivity index (χ0n) is 5.20. The fourth-order valence-corrected chi connectivity index (χ4v) is 0.301. The van der Waals surface area contributed by atoms with Crippen LogP contribution in [0, 0.1) is 0 Å². The zero-order chi connectivity index (χ0) is 8.36. The molecular weight excluding hydrogens is 147 g/mol. The van der Waals surface area contributed by atoms with Crippen LogP contribution in [0.25, 0.3) is 0 Å². The Kier molecular flexibility index (Phi) is 2.45. The van der Waals surface area contributed by atoms with E-state index in [2.05, 4.69) is 5.73 Å². The fourth-order valence-electron chi connectivity index (χ4n) is 0.301. The Morgan fingerprint density at radius 3 is 2.00 bits per heavy atom. The van der Waals surface area contributed by atoms with Crippen LogP contribution in [-0.4, -0.2) is 12.0 Å². The van der Waals surface area contributed by atoms with Gasteiger partial charge in [0.05, 0.1) is 0 Å².